The predicted molar refractivity (Wildman–Crippen MR) is 110 cm³/mol. The third kappa shape index (κ3) is 5.81. The molecule has 3 rings (SSSR count). The highest BCUT2D eigenvalue weighted by molar-refractivity contribution is 6.04. The SMILES string of the molecule is CC(NC(=O)C1CCNCC1)c1cccc(NC(=O)c2ccccc2)c1.Cl. The van der Waals surface area contributed by atoms with Crippen molar-refractivity contribution in [1.82, 2.24) is 10.6 Å². The van der Waals surface area contributed by atoms with Crippen LogP contribution in [-0.4, -0.2) is 24.9 Å². The van der Waals surface area contributed by atoms with Crippen LogP contribution in [0.15, 0.2) is 54.6 Å². The van der Waals surface area contributed by atoms with Gasteiger partial charge in [0.25, 0.3) is 5.91 Å². The van der Waals surface area contributed by atoms with Gasteiger partial charge in [0.15, 0.2) is 0 Å². The van der Waals surface area contributed by atoms with Gasteiger partial charge in [0, 0.05) is 17.2 Å². The molecule has 1 aliphatic heterocycles. The highest BCUT2D eigenvalue weighted by atomic mass is 35.5. The quantitative estimate of drug-likeness (QED) is 0.734. The molecule has 0 spiro atoms. The maximum absolute atomic E-state index is 12.4. The molecular formula is C21H26ClN3O2. The Morgan fingerprint density at radius 2 is 1.74 bits per heavy atom. The number of hydrogen-bond donors (Lipinski definition) is 3. The van der Waals surface area contributed by atoms with Crippen LogP contribution in [-0.2, 0) is 4.79 Å². The van der Waals surface area contributed by atoms with Gasteiger partial charge in [-0.1, -0.05) is 30.3 Å². The van der Waals surface area contributed by atoms with Gasteiger partial charge in [-0.15, -0.1) is 12.4 Å². The largest absolute Gasteiger partial charge is 0.349 e. The first kappa shape index (κ1) is 20.9. The van der Waals surface area contributed by atoms with E-state index >= 15 is 0 Å². The van der Waals surface area contributed by atoms with E-state index in [1.807, 2.05) is 49.4 Å². The van der Waals surface area contributed by atoms with E-state index in [1.165, 1.54) is 0 Å². The van der Waals surface area contributed by atoms with Gasteiger partial charge in [0.2, 0.25) is 5.91 Å². The Hall–Kier alpha value is -2.37. The standard InChI is InChI=1S/C21H25N3O2.ClH/c1-15(23-20(25)17-10-12-22-13-11-17)18-8-5-9-19(14-18)24-21(26)16-6-3-2-4-7-16;/h2-9,14-15,17,22H,10-13H2,1H3,(H,23,25)(H,24,26);1H. The second kappa shape index (κ2) is 10.1. The smallest absolute Gasteiger partial charge is 0.255 e. The highest BCUT2D eigenvalue weighted by Crippen LogP contribution is 2.20. The van der Waals surface area contributed by atoms with Gasteiger partial charge in [-0.05, 0) is 62.7 Å². The molecule has 3 N–H and O–H groups in total. The number of nitrogens with one attached hydrogen (secondary N) is 3. The van der Waals surface area contributed by atoms with E-state index in [4.69, 9.17) is 0 Å². The van der Waals surface area contributed by atoms with Gasteiger partial charge >= 0.3 is 0 Å². The summed E-state index contributed by atoms with van der Waals surface area (Å²) < 4.78 is 0. The van der Waals surface area contributed by atoms with Gasteiger partial charge in [-0.25, -0.2) is 0 Å². The van der Waals surface area contributed by atoms with Gasteiger partial charge in [-0.2, -0.15) is 0 Å². The fourth-order valence-electron chi connectivity index (χ4n) is 3.18. The molecular weight excluding hydrogens is 362 g/mol. The molecule has 5 nitrogen and oxygen atoms in total. The van der Waals surface area contributed by atoms with Crippen LogP contribution >= 0.6 is 12.4 Å². The average Bonchev–Trinajstić information content (AvgIpc) is 2.69. The van der Waals surface area contributed by atoms with Crippen molar-refractivity contribution < 1.29 is 9.59 Å². The Bertz CT molecular complexity index is 761. The average molecular weight is 388 g/mol. The normalized spacial score (nSPS) is 15.3. The van der Waals surface area contributed by atoms with Crippen LogP contribution in [0.5, 0.6) is 0 Å². The summed E-state index contributed by atoms with van der Waals surface area (Å²) in [5.74, 6) is 0.0477. The summed E-state index contributed by atoms with van der Waals surface area (Å²) >= 11 is 0. The Morgan fingerprint density at radius 3 is 2.44 bits per heavy atom. The lowest BCUT2D eigenvalue weighted by Gasteiger charge is -2.24. The van der Waals surface area contributed by atoms with E-state index < -0.39 is 0 Å². The molecule has 0 bridgehead atoms. The van der Waals surface area contributed by atoms with Gasteiger partial charge in [-0.3, -0.25) is 9.59 Å². The molecule has 0 radical (unpaired) electrons. The Kier molecular flexibility index (Phi) is 7.82. The van der Waals surface area contributed by atoms with E-state index in [-0.39, 0.29) is 36.2 Å². The molecule has 144 valence electrons. The van der Waals surface area contributed by atoms with Crippen LogP contribution in [0, 0.1) is 5.92 Å². The summed E-state index contributed by atoms with van der Waals surface area (Å²) in [6.45, 7) is 3.76. The number of hydrogen-bond acceptors (Lipinski definition) is 3. The lowest BCUT2D eigenvalue weighted by atomic mass is 9.96. The van der Waals surface area contributed by atoms with Gasteiger partial charge in [0.05, 0.1) is 6.04 Å². The number of piperidine rings is 1. The summed E-state index contributed by atoms with van der Waals surface area (Å²) in [6, 6.07) is 16.6. The molecule has 1 heterocycles. The van der Waals surface area contributed by atoms with Crippen molar-refractivity contribution in [2.45, 2.75) is 25.8 Å². The van der Waals surface area contributed by atoms with Gasteiger partial charge < -0.3 is 16.0 Å². The number of amides is 2. The molecule has 2 amide bonds. The number of carbonyl (C=O) groups is 2. The summed E-state index contributed by atoms with van der Waals surface area (Å²) in [5, 5.41) is 9.28. The van der Waals surface area contributed by atoms with Crippen LogP contribution in [0.25, 0.3) is 0 Å². The van der Waals surface area contributed by atoms with Crippen molar-refractivity contribution in [1.29, 1.82) is 0 Å². The van der Waals surface area contributed by atoms with Crippen molar-refractivity contribution in [3.05, 3.63) is 65.7 Å². The van der Waals surface area contributed by atoms with E-state index in [2.05, 4.69) is 16.0 Å². The Labute approximate surface area is 166 Å². The molecule has 1 fully saturated rings. The number of carbonyl (C=O) groups excluding carboxylic acids is 2. The number of benzene rings is 2. The maximum atomic E-state index is 12.4. The van der Waals surface area contributed by atoms with Crippen molar-refractivity contribution >= 4 is 29.9 Å². The molecule has 1 unspecified atom stereocenters. The zero-order valence-electron chi connectivity index (χ0n) is 15.4. The zero-order chi connectivity index (χ0) is 18.4. The number of halogens is 1. The molecule has 6 heteroatoms. The van der Waals surface area contributed by atoms with Crippen LogP contribution in [0.3, 0.4) is 0 Å². The fraction of sp³-hybridized carbons (Fsp3) is 0.333. The molecule has 1 saturated heterocycles. The van der Waals surface area contributed by atoms with Crippen molar-refractivity contribution in [3.8, 4) is 0 Å². The number of anilines is 1. The lowest BCUT2D eigenvalue weighted by molar-refractivity contribution is -0.126. The van der Waals surface area contributed by atoms with E-state index in [0.717, 1.165) is 37.2 Å². The third-order valence-corrected chi connectivity index (χ3v) is 4.75. The summed E-state index contributed by atoms with van der Waals surface area (Å²) in [5.41, 5.74) is 2.31. The molecule has 27 heavy (non-hydrogen) atoms. The molecule has 0 saturated carbocycles. The fourth-order valence-corrected chi connectivity index (χ4v) is 3.18. The topological polar surface area (TPSA) is 70.2 Å². The van der Waals surface area contributed by atoms with E-state index in [9.17, 15) is 9.59 Å². The molecule has 0 aliphatic carbocycles. The van der Waals surface area contributed by atoms with Crippen LogP contribution in [0.4, 0.5) is 5.69 Å². The molecule has 0 aromatic heterocycles. The van der Waals surface area contributed by atoms with Crippen molar-refractivity contribution in [3.63, 3.8) is 0 Å². The minimum atomic E-state index is -0.144. The minimum Gasteiger partial charge on any atom is -0.349 e. The van der Waals surface area contributed by atoms with Gasteiger partial charge in [0.1, 0.15) is 0 Å². The van der Waals surface area contributed by atoms with Crippen LogP contribution in [0.1, 0.15) is 41.7 Å². The summed E-state index contributed by atoms with van der Waals surface area (Å²) in [7, 11) is 0. The van der Waals surface area contributed by atoms with Crippen LogP contribution in [0.2, 0.25) is 0 Å². The van der Waals surface area contributed by atoms with E-state index in [0.29, 0.717) is 5.56 Å². The zero-order valence-corrected chi connectivity index (χ0v) is 16.2. The third-order valence-electron chi connectivity index (χ3n) is 4.75. The summed E-state index contributed by atoms with van der Waals surface area (Å²) in [6.07, 6.45) is 1.76. The Balaban J connectivity index is 0.00000261. The maximum Gasteiger partial charge on any atom is 0.255 e. The molecule has 2 aromatic rings. The van der Waals surface area contributed by atoms with E-state index in [1.54, 1.807) is 12.1 Å². The molecule has 2 aromatic carbocycles. The van der Waals surface area contributed by atoms with Crippen LogP contribution < -0.4 is 16.0 Å². The van der Waals surface area contributed by atoms with Crippen molar-refractivity contribution in [2.24, 2.45) is 5.92 Å². The summed E-state index contributed by atoms with van der Waals surface area (Å²) in [4.78, 5) is 24.7. The first-order valence-electron chi connectivity index (χ1n) is 9.11. The molecule has 1 aliphatic rings. The second-order valence-electron chi connectivity index (χ2n) is 6.70. The minimum absolute atomic E-state index is 0. The molecule has 1 atom stereocenters. The number of rotatable bonds is 5. The lowest BCUT2D eigenvalue weighted by Crippen LogP contribution is -2.39. The monoisotopic (exact) mass is 387 g/mol. The Morgan fingerprint density at radius 1 is 1.04 bits per heavy atom. The van der Waals surface area contributed by atoms with Crippen molar-refractivity contribution in [2.75, 3.05) is 18.4 Å². The first-order chi connectivity index (χ1) is 12.6. The second-order valence-corrected chi connectivity index (χ2v) is 6.70. The first-order valence-corrected chi connectivity index (χ1v) is 9.11. The highest BCUT2D eigenvalue weighted by Gasteiger charge is 2.22. The predicted octanol–water partition coefficient (Wildman–Crippen LogP) is 3.54.